The van der Waals surface area contributed by atoms with Gasteiger partial charge in [0.05, 0.1) is 5.97 Å². The van der Waals surface area contributed by atoms with Crippen molar-refractivity contribution in [3.63, 3.8) is 0 Å². The Labute approximate surface area is 185 Å². The number of aliphatic hydroxyl groups is 2. The number of hydrogen-bond acceptors (Lipinski definition) is 6. The predicted octanol–water partition coefficient (Wildman–Crippen LogP) is -0.918. The molecule has 152 valence electrons. The maximum atomic E-state index is 11.9. The van der Waals surface area contributed by atoms with Gasteiger partial charge in [0, 0.05) is 12.8 Å². The first-order valence-corrected chi connectivity index (χ1v) is 9.93. The van der Waals surface area contributed by atoms with Crippen LogP contribution >= 0.6 is 0 Å². The molecule has 0 aromatic rings. The van der Waals surface area contributed by atoms with Crippen LogP contribution in [0.4, 0.5) is 0 Å². The van der Waals surface area contributed by atoms with Crippen molar-refractivity contribution < 1.29 is 59.3 Å². The summed E-state index contributed by atoms with van der Waals surface area (Å²) in [6, 6.07) is 0. The van der Waals surface area contributed by atoms with Gasteiger partial charge in [-0.3, -0.25) is 9.59 Å². The maximum Gasteiger partial charge on any atom is 1.00 e. The molecule has 6 nitrogen and oxygen atoms in total. The Balaban J connectivity index is 0. The number of Topliss-reactive ketones (excluding diaryl/α,β-unsaturated/α-hetero) is 2. The molecule has 0 aromatic carbocycles. The Kier molecular flexibility index (Phi) is 17.9. The smallest absolute Gasteiger partial charge is 0.546 e. The molecule has 0 saturated carbocycles. The van der Waals surface area contributed by atoms with Gasteiger partial charge < -0.3 is 20.1 Å². The van der Waals surface area contributed by atoms with E-state index >= 15 is 0 Å². The minimum absolute atomic E-state index is 0. The van der Waals surface area contributed by atoms with E-state index in [-0.39, 0.29) is 36.0 Å². The number of unbranched alkanes of at least 4 members (excludes halogenated alkanes) is 10. The van der Waals surface area contributed by atoms with Crippen molar-refractivity contribution in [2.24, 2.45) is 0 Å². The van der Waals surface area contributed by atoms with Crippen LogP contribution in [0.1, 0.15) is 97.3 Å². The Morgan fingerprint density at radius 3 is 1.67 bits per heavy atom. The molecule has 0 bridgehead atoms. The van der Waals surface area contributed by atoms with Gasteiger partial charge in [0.15, 0.2) is 11.4 Å². The van der Waals surface area contributed by atoms with E-state index in [1.54, 1.807) is 0 Å². The Bertz CT molecular complexity index is 438. The number of rotatable bonds is 17. The van der Waals surface area contributed by atoms with Crippen molar-refractivity contribution in [1.82, 2.24) is 0 Å². The van der Waals surface area contributed by atoms with Crippen molar-refractivity contribution in [2.45, 2.75) is 109 Å². The molecule has 27 heavy (non-hydrogen) atoms. The molecule has 2 unspecified atom stereocenters. The second-order valence-corrected chi connectivity index (χ2v) is 7.19. The monoisotopic (exact) mass is 394 g/mol. The fourth-order valence-electron chi connectivity index (χ4n) is 2.97. The van der Waals surface area contributed by atoms with Gasteiger partial charge in [0.1, 0.15) is 11.9 Å². The molecule has 0 saturated heterocycles. The number of aliphatic hydroxyl groups excluding tert-OH is 1. The molecule has 0 aromatic heterocycles. The molecular formula is C20H35NaO6. The normalized spacial score (nSPS) is 14.1. The first-order valence-electron chi connectivity index (χ1n) is 9.93. The zero-order chi connectivity index (χ0) is 20.0. The quantitative estimate of drug-likeness (QED) is 0.187. The van der Waals surface area contributed by atoms with E-state index in [1.165, 1.54) is 44.9 Å². The van der Waals surface area contributed by atoms with Crippen LogP contribution in [0.25, 0.3) is 0 Å². The van der Waals surface area contributed by atoms with E-state index in [4.69, 9.17) is 0 Å². The van der Waals surface area contributed by atoms with Crippen LogP contribution in [0.2, 0.25) is 0 Å². The van der Waals surface area contributed by atoms with Crippen LogP contribution < -0.4 is 34.7 Å². The van der Waals surface area contributed by atoms with Crippen LogP contribution in [0, 0.1) is 0 Å². The summed E-state index contributed by atoms with van der Waals surface area (Å²) >= 11 is 0. The van der Waals surface area contributed by atoms with Crippen LogP contribution in [0.15, 0.2) is 0 Å². The topological polar surface area (TPSA) is 115 Å². The molecule has 0 amide bonds. The average Bonchev–Trinajstić information content (AvgIpc) is 2.58. The van der Waals surface area contributed by atoms with E-state index in [9.17, 15) is 29.7 Å². The Hall–Kier alpha value is -0.270. The van der Waals surface area contributed by atoms with Crippen LogP contribution in [0.5, 0.6) is 0 Å². The number of aliphatic carboxylic acids is 1. The summed E-state index contributed by atoms with van der Waals surface area (Å²) in [5.74, 6) is -3.87. The Morgan fingerprint density at radius 2 is 1.30 bits per heavy atom. The fourth-order valence-corrected chi connectivity index (χ4v) is 2.97. The fraction of sp³-hybridized carbons (Fsp3) is 0.850. The van der Waals surface area contributed by atoms with Crippen molar-refractivity contribution in [3.8, 4) is 0 Å². The first kappa shape index (κ1) is 28.9. The van der Waals surface area contributed by atoms with E-state index in [0.29, 0.717) is 6.42 Å². The summed E-state index contributed by atoms with van der Waals surface area (Å²) in [5.41, 5.74) is -2.94. The third-order valence-corrected chi connectivity index (χ3v) is 4.64. The average molecular weight is 394 g/mol. The summed E-state index contributed by atoms with van der Waals surface area (Å²) in [7, 11) is 0. The molecular weight excluding hydrogens is 359 g/mol. The number of hydrogen-bond donors (Lipinski definition) is 2. The number of carboxylic acids is 1. The molecule has 0 radical (unpaired) electrons. The van der Waals surface area contributed by atoms with Gasteiger partial charge in [-0.1, -0.05) is 71.1 Å². The molecule has 0 aliphatic carbocycles. The van der Waals surface area contributed by atoms with Crippen molar-refractivity contribution in [1.29, 1.82) is 0 Å². The number of carboxylic acid groups (broad SMARTS) is 1. The molecule has 0 aliphatic heterocycles. The van der Waals surface area contributed by atoms with Crippen molar-refractivity contribution >= 4 is 17.5 Å². The zero-order valence-corrected chi connectivity index (χ0v) is 19.3. The van der Waals surface area contributed by atoms with Gasteiger partial charge in [-0.2, -0.15) is 0 Å². The van der Waals surface area contributed by atoms with Gasteiger partial charge in [0.25, 0.3) is 0 Å². The van der Waals surface area contributed by atoms with Crippen LogP contribution in [0.3, 0.4) is 0 Å². The third-order valence-electron chi connectivity index (χ3n) is 4.64. The van der Waals surface area contributed by atoms with Crippen LogP contribution in [-0.2, 0) is 14.4 Å². The molecule has 7 heteroatoms. The summed E-state index contributed by atoms with van der Waals surface area (Å²) in [6.07, 6.45) is 10.1. The molecule has 2 N–H and O–H groups in total. The van der Waals surface area contributed by atoms with Crippen molar-refractivity contribution in [2.75, 3.05) is 0 Å². The zero-order valence-electron chi connectivity index (χ0n) is 17.3. The first-order chi connectivity index (χ1) is 12.3. The largest absolute Gasteiger partial charge is 1.00 e. The minimum atomic E-state index is -2.94. The van der Waals surface area contributed by atoms with Crippen molar-refractivity contribution in [3.05, 3.63) is 0 Å². The van der Waals surface area contributed by atoms with Gasteiger partial charge in [-0.15, -0.1) is 0 Å². The van der Waals surface area contributed by atoms with E-state index < -0.39 is 35.7 Å². The van der Waals surface area contributed by atoms with Gasteiger partial charge in [-0.25, -0.2) is 0 Å². The predicted molar refractivity (Wildman–Crippen MR) is 97.3 cm³/mol. The van der Waals surface area contributed by atoms with Gasteiger partial charge in [-0.05, 0) is 13.3 Å². The van der Waals surface area contributed by atoms with Gasteiger partial charge in [0.2, 0.25) is 0 Å². The third kappa shape index (κ3) is 12.7. The number of carbonyl (C=O) groups is 3. The summed E-state index contributed by atoms with van der Waals surface area (Å²) in [6.45, 7) is 3.25. The number of carbonyl (C=O) groups excluding carboxylic acids is 3. The molecule has 2 atom stereocenters. The molecule has 0 aliphatic rings. The summed E-state index contributed by atoms with van der Waals surface area (Å²) < 4.78 is 0. The van der Waals surface area contributed by atoms with E-state index in [0.717, 1.165) is 26.2 Å². The number of ketones is 2. The Morgan fingerprint density at radius 1 is 0.889 bits per heavy atom. The second kappa shape index (κ2) is 16.7. The molecule has 0 rings (SSSR count). The molecule has 0 spiro atoms. The van der Waals surface area contributed by atoms with E-state index in [1.807, 2.05) is 0 Å². The SMILES string of the molecule is CCCCCCCCCCCCCC(=O)CC(O)(C(=O)[O-])C(=O)C(C)O.[Na+]. The van der Waals surface area contributed by atoms with Crippen LogP contribution in [-0.4, -0.2) is 39.5 Å². The van der Waals surface area contributed by atoms with E-state index in [2.05, 4.69) is 6.92 Å². The van der Waals surface area contributed by atoms with Gasteiger partial charge >= 0.3 is 29.6 Å². The summed E-state index contributed by atoms with van der Waals surface area (Å²) in [5, 5.41) is 30.1. The maximum absolute atomic E-state index is 11.9. The molecule has 0 heterocycles. The molecule has 0 fully saturated rings. The minimum Gasteiger partial charge on any atom is -0.546 e. The summed E-state index contributed by atoms with van der Waals surface area (Å²) in [4.78, 5) is 34.5. The standard InChI is InChI=1S/C20H36O6.Na/c1-3-4-5-6-7-8-9-10-11-12-13-14-17(22)15-20(26,19(24)25)18(23)16(2)21;/h16,21,26H,3-15H2,1-2H3,(H,24,25);/q;+1/p-1. The second-order valence-electron chi connectivity index (χ2n) is 7.19.